The van der Waals surface area contributed by atoms with Crippen LogP contribution in [0.25, 0.3) is 0 Å². The Labute approximate surface area is 212 Å². The number of aromatic nitrogens is 2. The summed E-state index contributed by atoms with van der Waals surface area (Å²) in [6.07, 6.45) is 2.76. The predicted molar refractivity (Wildman–Crippen MR) is 135 cm³/mol. The van der Waals surface area contributed by atoms with Crippen LogP contribution < -0.4 is 14.3 Å². The van der Waals surface area contributed by atoms with Crippen molar-refractivity contribution < 1.29 is 26.0 Å². The number of rotatable bonds is 9. The Bertz CT molecular complexity index is 1600. The number of halogens is 1. The molecule has 10 nitrogen and oxygen atoms in total. The Balaban J connectivity index is 1.53. The molecule has 4 rings (SSSR count). The largest absolute Gasteiger partial charge is 0.325 e. The number of carbonyl (C=O) groups excluding carboxylic acids is 1. The highest BCUT2D eigenvalue weighted by Gasteiger charge is 2.29. The molecule has 1 amide bonds. The van der Waals surface area contributed by atoms with Crippen molar-refractivity contribution in [1.29, 1.82) is 0 Å². The molecule has 0 bridgehead atoms. The molecule has 0 radical (unpaired) electrons. The van der Waals surface area contributed by atoms with Gasteiger partial charge in [0.05, 0.1) is 15.5 Å². The van der Waals surface area contributed by atoms with E-state index in [9.17, 15) is 26.0 Å². The first-order chi connectivity index (χ1) is 17.7. The number of anilines is 3. The Hall–Kier alpha value is -4.36. The van der Waals surface area contributed by atoms with Gasteiger partial charge in [-0.2, -0.15) is 0 Å². The fraction of sp³-hybridized carbons (Fsp3) is 0.0417. The first-order valence-electron chi connectivity index (χ1n) is 10.7. The lowest BCUT2D eigenvalue weighted by Gasteiger charge is -2.24. The van der Waals surface area contributed by atoms with E-state index in [4.69, 9.17) is 0 Å². The van der Waals surface area contributed by atoms with Gasteiger partial charge in [-0.25, -0.2) is 35.9 Å². The normalized spacial score (nSPS) is 11.5. The van der Waals surface area contributed by atoms with E-state index in [0.29, 0.717) is 4.31 Å². The van der Waals surface area contributed by atoms with E-state index in [-0.39, 0.29) is 27.1 Å². The molecular weight excluding hydrogens is 521 g/mol. The van der Waals surface area contributed by atoms with Crippen molar-refractivity contribution in [3.8, 4) is 0 Å². The SMILES string of the molecule is O=C(CN(c1ccccc1F)S(=O)(=O)c1ccccc1)Nc1ccc(S(=O)(=O)Nc2ncccn2)cc1. The van der Waals surface area contributed by atoms with Crippen LogP contribution in [0, 0.1) is 5.82 Å². The number of benzene rings is 3. The number of amides is 1. The zero-order valence-electron chi connectivity index (χ0n) is 19.0. The van der Waals surface area contributed by atoms with Gasteiger partial charge in [0.25, 0.3) is 20.0 Å². The van der Waals surface area contributed by atoms with E-state index in [2.05, 4.69) is 20.0 Å². The minimum Gasteiger partial charge on any atom is -0.325 e. The van der Waals surface area contributed by atoms with Crippen molar-refractivity contribution >= 4 is 43.3 Å². The predicted octanol–water partition coefficient (Wildman–Crippen LogP) is 3.25. The maximum atomic E-state index is 14.6. The first kappa shape index (κ1) is 25.7. The van der Waals surface area contributed by atoms with Crippen molar-refractivity contribution in [3.05, 3.63) is 103 Å². The fourth-order valence-electron chi connectivity index (χ4n) is 3.25. The lowest BCUT2D eigenvalue weighted by Crippen LogP contribution is -2.38. The molecule has 190 valence electrons. The summed E-state index contributed by atoms with van der Waals surface area (Å²) in [5.74, 6) is -1.69. The van der Waals surface area contributed by atoms with Crippen LogP contribution in [0.1, 0.15) is 0 Å². The van der Waals surface area contributed by atoms with Crippen LogP contribution >= 0.6 is 0 Å². The number of hydrogen-bond donors (Lipinski definition) is 2. The Morgan fingerprint density at radius 2 is 1.41 bits per heavy atom. The summed E-state index contributed by atoms with van der Waals surface area (Å²) in [6, 6.07) is 19.2. The molecule has 2 N–H and O–H groups in total. The molecule has 0 atom stereocenters. The summed E-state index contributed by atoms with van der Waals surface area (Å²) in [4.78, 5) is 20.2. The maximum Gasteiger partial charge on any atom is 0.264 e. The van der Waals surface area contributed by atoms with E-state index in [0.717, 1.165) is 6.07 Å². The van der Waals surface area contributed by atoms with Gasteiger partial charge in [0.2, 0.25) is 11.9 Å². The van der Waals surface area contributed by atoms with Gasteiger partial charge >= 0.3 is 0 Å². The number of nitrogens with one attached hydrogen (secondary N) is 2. The molecule has 0 aliphatic carbocycles. The molecular formula is C24H20FN5O5S2. The van der Waals surface area contributed by atoms with Gasteiger partial charge in [-0.1, -0.05) is 30.3 Å². The van der Waals surface area contributed by atoms with Crippen molar-refractivity contribution in [1.82, 2.24) is 9.97 Å². The van der Waals surface area contributed by atoms with Crippen LogP contribution in [0.15, 0.2) is 107 Å². The number of para-hydroxylation sites is 1. The minimum atomic E-state index is -4.29. The summed E-state index contributed by atoms with van der Waals surface area (Å²) in [5, 5.41) is 2.51. The van der Waals surface area contributed by atoms with Crippen LogP contribution in [0.4, 0.5) is 21.7 Å². The van der Waals surface area contributed by atoms with E-state index < -0.39 is 38.3 Å². The molecule has 4 aromatic rings. The van der Waals surface area contributed by atoms with E-state index >= 15 is 0 Å². The second-order valence-electron chi connectivity index (χ2n) is 7.53. The number of hydrogen-bond acceptors (Lipinski definition) is 7. The highest BCUT2D eigenvalue weighted by molar-refractivity contribution is 7.93. The molecule has 3 aromatic carbocycles. The van der Waals surface area contributed by atoms with Crippen LogP contribution in [0.2, 0.25) is 0 Å². The summed E-state index contributed by atoms with van der Waals surface area (Å²) in [7, 11) is -8.27. The first-order valence-corrected chi connectivity index (χ1v) is 13.6. The lowest BCUT2D eigenvalue weighted by atomic mass is 10.3. The molecule has 0 unspecified atom stereocenters. The summed E-state index contributed by atoms with van der Waals surface area (Å²) in [6.45, 7) is -0.731. The summed E-state index contributed by atoms with van der Waals surface area (Å²) < 4.78 is 69.1. The van der Waals surface area contributed by atoms with Crippen molar-refractivity contribution in [3.63, 3.8) is 0 Å². The van der Waals surface area contributed by atoms with Gasteiger partial charge in [0.15, 0.2) is 0 Å². The molecule has 1 aromatic heterocycles. The number of nitrogens with zero attached hydrogens (tertiary/aromatic N) is 3. The average molecular weight is 542 g/mol. The van der Waals surface area contributed by atoms with Gasteiger partial charge < -0.3 is 5.32 Å². The number of sulfonamides is 2. The average Bonchev–Trinajstić information content (AvgIpc) is 2.89. The van der Waals surface area contributed by atoms with E-state index in [1.807, 2.05) is 0 Å². The Kier molecular flexibility index (Phi) is 7.45. The van der Waals surface area contributed by atoms with Gasteiger partial charge in [-0.15, -0.1) is 0 Å². The van der Waals surface area contributed by atoms with Gasteiger partial charge in [-0.05, 0) is 54.6 Å². The lowest BCUT2D eigenvalue weighted by molar-refractivity contribution is -0.114. The van der Waals surface area contributed by atoms with Crippen LogP contribution in [0.5, 0.6) is 0 Å². The molecule has 0 saturated carbocycles. The zero-order valence-corrected chi connectivity index (χ0v) is 20.7. The molecule has 13 heteroatoms. The third-order valence-electron chi connectivity index (χ3n) is 4.98. The second kappa shape index (κ2) is 10.7. The van der Waals surface area contributed by atoms with E-state index in [1.54, 1.807) is 6.07 Å². The zero-order chi connectivity index (χ0) is 26.5. The summed E-state index contributed by atoms with van der Waals surface area (Å²) in [5.41, 5.74) is -0.0948. The van der Waals surface area contributed by atoms with Crippen LogP contribution in [-0.4, -0.2) is 39.3 Å². The van der Waals surface area contributed by atoms with Crippen molar-refractivity contribution in [2.45, 2.75) is 9.79 Å². The third kappa shape index (κ3) is 6.08. The van der Waals surface area contributed by atoms with Gasteiger partial charge in [-0.3, -0.25) is 9.10 Å². The molecule has 1 heterocycles. The standard InChI is InChI=1S/C24H20FN5O5S2/c25-21-9-4-5-10-22(21)30(37(34,35)20-7-2-1-3-8-20)17-23(31)28-18-11-13-19(14-12-18)36(32,33)29-24-26-15-6-16-27-24/h1-16H,17H2,(H,28,31)(H,26,27,29). The van der Waals surface area contributed by atoms with Gasteiger partial charge in [0, 0.05) is 18.1 Å². The topological polar surface area (TPSA) is 138 Å². The maximum absolute atomic E-state index is 14.6. The Morgan fingerprint density at radius 1 is 0.784 bits per heavy atom. The molecule has 0 fully saturated rings. The third-order valence-corrected chi connectivity index (χ3v) is 8.10. The minimum absolute atomic E-state index is 0.104. The highest BCUT2D eigenvalue weighted by Crippen LogP contribution is 2.26. The van der Waals surface area contributed by atoms with Crippen molar-refractivity contribution in [2.75, 3.05) is 20.9 Å². The number of carbonyl (C=O) groups is 1. The smallest absolute Gasteiger partial charge is 0.264 e. The van der Waals surface area contributed by atoms with E-state index in [1.165, 1.54) is 85.2 Å². The molecule has 0 aliphatic heterocycles. The highest BCUT2D eigenvalue weighted by atomic mass is 32.2. The molecule has 0 aliphatic rings. The molecule has 37 heavy (non-hydrogen) atoms. The second-order valence-corrected chi connectivity index (χ2v) is 11.1. The summed E-state index contributed by atoms with van der Waals surface area (Å²) >= 11 is 0. The fourth-order valence-corrected chi connectivity index (χ4v) is 5.66. The molecule has 0 spiro atoms. The van der Waals surface area contributed by atoms with Crippen LogP contribution in [0.3, 0.4) is 0 Å². The Morgan fingerprint density at radius 3 is 2.05 bits per heavy atom. The monoisotopic (exact) mass is 541 g/mol. The quantitative estimate of drug-likeness (QED) is 0.332. The van der Waals surface area contributed by atoms with Crippen molar-refractivity contribution in [2.24, 2.45) is 0 Å². The van der Waals surface area contributed by atoms with Crippen LogP contribution in [-0.2, 0) is 24.8 Å². The molecule has 0 saturated heterocycles. The van der Waals surface area contributed by atoms with Gasteiger partial charge in [0.1, 0.15) is 12.4 Å².